The number of aryl methyl sites for hydroxylation is 2. The van der Waals surface area contributed by atoms with Crippen LogP contribution in [0.5, 0.6) is 5.75 Å². The van der Waals surface area contributed by atoms with Gasteiger partial charge in [-0.1, -0.05) is 54.1 Å². The van der Waals surface area contributed by atoms with Crippen LogP contribution in [-0.4, -0.2) is 18.9 Å². The van der Waals surface area contributed by atoms with E-state index < -0.39 is 5.91 Å². The highest BCUT2D eigenvalue weighted by Crippen LogP contribution is 2.21. The van der Waals surface area contributed by atoms with Crippen molar-refractivity contribution in [2.24, 2.45) is 0 Å². The topological polar surface area (TPSA) is 67.4 Å². The monoisotopic (exact) mass is 400 g/mol. The summed E-state index contributed by atoms with van der Waals surface area (Å²) >= 11 is 0. The molecular weight excluding hydrogens is 376 g/mol. The average molecular weight is 400 g/mol. The highest BCUT2D eigenvalue weighted by atomic mass is 16.5. The first-order chi connectivity index (χ1) is 14.5. The van der Waals surface area contributed by atoms with Gasteiger partial charge in [-0.3, -0.25) is 9.59 Å². The summed E-state index contributed by atoms with van der Waals surface area (Å²) in [7, 11) is 1.56. The van der Waals surface area contributed by atoms with Gasteiger partial charge in [-0.15, -0.1) is 0 Å². The fraction of sp³-hybridized carbons (Fsp3) is 0.120. The van der Waals surface area contributed by atoms with Crippen molar-refractivity contribution in [3.05, 3.63) is 101 Å². The summed E-state index contributed by atoms with van der Waals surface area (Å²) in [6, 6.07) is 22.0. The molecule has 0 aromatic heterocycles. The lowest BCUT2D eigenvalue weighted by Crippen LogP contribution is -2.31. The Morgan fingerprint density at radius 2 is 1.53 bits per heavy atom. The van der Waals surface area contributed by atoms with Gasteiger partial charge in [0.25, 0.3) is 11.8 Å². The summed E-state index contributed by atoms with van der Waals surface area (Å²) in [6.07, 6.45) is 1.61. The van der Waals surface area contributed by atoms with Gasteiger partial charge in [-0.05, 0) is 49.8 Å². The quantitative estimate of drug-likeness (QED) is 0.588. The number of nitrogens with one attached hydrogen (secondary N) is 2. The molecule has 3 aromatic carbocycles. The molecule has 0 heterocycles. The number of benzene rings is 3. The minimum atomic E-state index is -0.424. The molecule has 0 saturated carbocycles. The molecule has 0 radical (unpaired) electrons. The van der Waals surface area contributed by atoms with Crippen LogP contribution in [0.25, 0.3) is 6.08 Å². The Morgan fingerprint density at radius 1 is 0.867 bits per heavy atom. The van der Waals surface area contributed by atoms with Crippen molar-refractivity contribution in [1.82, 2.24) is 5.32 Å². The Kier molecular flexibility index (Phi) is 6.65. The Balaban J connectivity index is 1.94. The SMILES string of the molecule is COc1ccccc1/C=C(\NC(=O)c1ccccc1C)C(=O)Nc1ccc(C)cc1. The molecule has 2 amide bonds. The summed E-state index contributed by atoms with van der Waals surface area (Å²) in [5.74, 6) is -0.178. The van der Waals surface area contributed by atoms with Crippen molar-refractivity contribution < 1.29 is 14.3 Å². The highest BCUT2D eigenvalue weighted by molar-refractivity contribution is 6.11. The van der Waals surface area contributed by atoms with Crippen molar-refractivity contribution in [3.63, 3.8) is 0 Å². The van der Waals surface area contributed by atoms with Gasteiger partial charge in [-0.25, -0.2) is 0 Å². The fourth-order valence-corrected chi connectivity index (χ4v) is 2.95. The molecule has 0 aliphatic heterocycles. The lowest BCUT2D eigenvalue weighted by Gasteiger charge is -2.13. The number of anilines is 1. The second kappa shape index (κ2) is 9.56. The summed E-state index contributed by atoms with van der Waals surface area (Å²) < 4.78 is 5.38. The number of methoxy groups -OCH3 is 1. The van der Waals surface area contributed by atoms with E-state index >= 15 is 0 Å². The van der Waals surface area contributed by atoms with Gasteiger partial charge in [0.05, 0.1) is 7.11 Å². The summed E-state index contributed by atoms with van der Waals surface area (Å²) in [6.45, 7) is 3.83. The van der Waals surface area contributed by atoms with Gasteiger partial charge in [0.15, 0.2) is 0 Å². The van der Waals surface area contributed by atoms with Gasteiger partial charge in [0.1, 0.15) is 11.4 Å². The molecule has 5 nitrogen and oxygen atoms in total. The predicted molar refractivity (Wildman–Crippen MR) is 119 cm³/mol. The molecule has 30 heavy (non-hydrogen) atoms. The summed E-state index contributed by atoms with van der Waals surface area (Å²) in [5.41, 5.74) is 3.86. The van der Waals surface area contributed by atoms with E-state index in [2.05, 4.69) is 10.6 Å². The van der Waals surface area contributed by atoms with Crippen LogP contribution in [0.3, 0.4) is 0 Å². The van der Waals surface area contributed by atoms with Gasteiger partial charge in [0.2, 0.25) is 0 Å². The summed E-state index contributed by atoms with van der Waals surface area (Å²) in [4.78, 5) is 25.9. The van der Waals surface area contributed by atoms with E-state index in [-0.39, 0.29) is 11.6 Å². The van der Waals surface area contributed by atoms with Crippen LogP contribution in [0.15, 0.2) is 78.5 Å². The van der Waals surface area contributed by atoms with Crippen LogP contribution in [0.4, 0.5) is 5.69 Å². The molecule has 0 aliphatic rings. The van der Waals surface area contributed by atoms with Crippen molar-refractivity contribution in [2.75, 3.05) is 12.4 Å². The average Bonchev–Trinajstić information content (AvgIpc) is 2.75. The largest absolute Gasteiger partial charge is 0.496 e. The van der Waals surface area contributed by atoms with Gasteiger partial charge in [-0.2, -0.15) is 0 Å². The number of rotatable bonds is 6. The molecule has 0 saturated heterocycles. The van der Waals surface area contributed by atoms with E-state index in [1.165, 1.54) is 0 Å². The second-order valence-corrected chi connectivity index (χ2v) is 6.89. The number of carbonyl (C=O) groups excluding carboxylic acids is 2. The Bertz CT molecular complexity index is 1090. The molecule has 0 spiro atoms. The number of hydrogen-bond donors (Lipinski definition) is 2. The highest BCUT2D eigenvalue weighted by Gasteiger charge is 2.17. The predicted octanol–water partition coefficient (Wildman–Crippen LogP) is 4.72. The third-order valence-corrected chi connectivity index (χ3v) is 4.63. The first-order valence-electron chi connectivity index (χ1n) is 9.57. The minimum absolute atomic E-state index is 0.119. The van der Waals surface area contributed by atoms with Crippen molar-refractivity contribution in [1.29, 1.82) is 0 Å². The summed E-state index contributed by atoms with van der Waals surface area (Å²) in [5, 5.41) is 5.60. The molecule has 0 unspecified atom stereocenters. The molecule has 0 atom stereocenters. The van der Waals surface area contributed by atoms with E-state index in [1.807, 2.05) is 68.4 Å². The van der Waals surface area contributed by atoms with Gasteiger partial charge >= 0.3 is 0 Å². The van der Waals surface area contributed by atoms with Crippen LogP contribution in [0.1, 0.15) is 27.0 Å². The number of ether oxygens (including phenoxy) is 1. The molecule has 2 N–H and O–H groups in total. The Labute approximate surface area is 176 Å². The molecule has 152 valence electrons. The molecule has 3 aromatic rings. The lowest BCUT2D eigenvalue weighted by atomic mass is 10.1. The van der Waals surface area contributed by atoms with Gasteiger partial charge < -0.3 is 15.4 Å². The van der Waals surface area contributed by atoms with Crippen LogP contribution in [0.2, 0.25) is 0 Å². The van der Waals surface area contributed by atoms with Crippen molar-refractivity contribution in [2.45, 2.75) is 13.8 Å². The van der Waals surface area contributed by atoms with Crippen LogP contribution < -0.4 is 15.4 Å². The van der Waals surface area contributed by atoms with E-state index in [1.54, 1.807) is 31.4 Å². The van der Waals surface area contributed by atoms with Crippen molar-refractivity contribution in [3.8, 4) is 5.75 Å². The number of carbonyl (C=O) groups is 2. The smallest absolute Gasteiger partial charge is 0.272 e. The third kappa shape index (κ3) is 5.14. The maximum absolute atomic E-state index is 13.0. The maximum Gasteiger partial charge on any atom is 0.272 e. The van der Waals surface area contributed by atoms with E-state index in [9.17, 15) is 9.59 Å². The Hall–Kier alpha value is -3.86. The van der Waals surface area contributed by atoms with Crippen LogP contribution in [-0.2, 0) is 4.79 Å². The second-order valence-electron chi connectivity index (χ2n) is 6.89. The standard InChI is InChI=1S/C25H24N2O3/c1-17-12-14-20(15-13-17)26-25(29)22(16-19-9-5-7-11-23(19)30-3)27-24(28)21-10-6-4-8-18(21)2/h4-16H,1-3H3,(H,26,29)(H,27,28)/b22-16-. The molecular formula is C25H24N2O3. The van der Waals surface area contributed by atoms with E-state index in [0.717, 1.165) is 11.1 Å². The first kappa shape index (κ1) is 20.9. The fourth-order valence-electron chi connectivity index (χ4n) is 2.95. The molecule has 0 aliphatic carbocycles. The van der Waals surface area contributed by atoms with E-state index in [4.69, 9.17) is 4.74 Å². The zero-order valence-electron chi connectivity index (χ0n) is 17.2. The molecule has 5 heteroatoms. The zero-order chi connectivity index (χ0) is 21.5. The Morgan fingerprint density at radius 3 is 2.23 bits per heavy atom. The number of hydrogen-bond acceptors (Lipinski definition) is 3. The number of amides is 2. The van der Waals surface area contributed by atoms with Gasteiger partial charge in [0, 0.05) is 16.8 Å². The lowest BCUT2D eigenvalue weighted by molar-refractivity contribution is -0.113. The number of para-hydroxylation sites is 1. The van der Waals surface area contributed by atoms with Crippen LogP contribution >= 0.6 is 0 Å². The third-order valence-electron chi connectivity index (χ3n) is 4.63. The normalized spacial score (nSPS) is 11.0. The molecule has 0 bridgehead atoms. The van der Waals surface area contributed by atoms with Crippen LogP contribution in [0, 0.1) is 13.8 Å². The van der Waals surface area contributed by atoms with Crippen molar-refractivity contribution >= 4 is 23.6 Å². The molecule has 3 rings (SSSR count). The maximum atomic E-state index is 13.0. The molecule has 0 fully saturated rings. The van der Waals surface area contributed by atoms with E-state index in [0.29, 0.717) is 22.6 Å². The first-order valence-corrected chi connectivity index (χ1v) is 9.57. The zero-order valence-corrected chi connectivity index (χ0v) is 17.2. The minimum Gasteiger partial charge on any atom is -0.496 e.